The largest absolute Gasteiger partial charge is 0.373 e. The highest BCUT2D eigenvalue weighted by Crippen LogP contribution is 2.08. The van der Waals surface area contributed by atoms with Crippen molar-refractivity contribution in [2.75, 3.05) is 17.7 Å². The lowest BCUT2D eigenvalue weighted by molar-refractivity contribution is 0.412. The van der Waals surface area contributed by atoms with E-state index in [4.69, 9.17) is 4.52 Å². The molecule has 0 saturated heterocycles. The number of hydrogen-bond donors (Lipinski definition) is 2. The Labute approximate surface area is 86.7 Å². The second-order valence-corrected chi connectivity index (χ2v) is 2.88. The summed E-state index contributed by atoms with van der Waals surface area (Å²) in [6, 6.07) is 3.62. The molecule has 0 spiro atoms. The first-order valence-electron chi connectivity index (χ1n) is 4.51. The molecule has 0 aliphatic carbocycles. The van der Waals surface area contributed by atoms with Crippen LogP contribution in [-0.4, -0.2) is 22.2 Å². The fourth-order valence-electron chi connectivity index (χ4n) is 1.10. The summed E-state index contributed by atoms with van der Waals surface area (Å²) in [7, 11) is 1.81. The van der Waals surface area contributed by atoms with Gasteiger partial charge in [0.2, 0.25) is 0 Å². The zero-order valence-corrected chi connectivity index (χ0v) is 8.27. The summed E-state index contributed by atoms with van der Waals surface area (Å²) in [5, 5.41) is 9.82. The lowest BCUT2D eigenvalue weighted by atomic mass is 10.4. The van der Waals surface area contributed by atoms with E-state index in [1.807, 2.05) is 13.1 Å². The standard InChI is InChI=1S/C9H11N5O/c1-10-8-4-9(13-6-12-8)11-5-7-2-3-15-14-7/h2-4,6H,5H2,1H3,(H2,10,11,12,13). The number of aromatic nitrogens is 3. The van der Waals surface area contributed by atoms with Crippen molar-refractivity contribution in [3.63, 3.8) is 0 Å². The molecule has 6 heteroatoms. The lowest BCUT2D eigenvalue weighted by Gasteiger charge is -2.04. The third-order valence-corrected chi connectivity index (χ3v) is 1.87. The predicted molar refractivity (Wildman–Crippen MR) is 55.4 cm³/mol. The van der Waals surface area contributed by atoms with Gasteiger partial charge in [-0.1, -0.05) is 5.16 Å². The number of nitrogens with zero attached hydrogens (tertiary/aromatic N) is 3. The van der Waals surface area contributed by atoms with Gasteiger partial charge in [-0.25, -0.2) is 9.97 Å². The lowest BCUT2D eigenvalue weighted by Crippen LogP contribution is -2.03. The normalized spacial score (nSPS) is 9.93. The highest BCUT2D eigenvalue weighted by atomic mass is 16.5. The average molecular weight is 205 g/mol. The Hall–Kier alpha value is -2.11. The summed E-state index contributed by atoms with van der Waals surface area (Å²) >= 11 is 0. The Balaban J connectivity index is 1.98. The summed E-state index contributed by atoms with van der Waals surface area (Å²) in [5.74, 6) is 1.52. The molecule has 0 saturated carbocycles. The summed E-state index contributed by atoms with van der Waals surface area (Å²) in [6.45, 7) is 0.580. The molecule has 2 N–H and O–H groups in total. The van der Waals surface area contributed by atoms with Crippen LogP contribution in [0.4, 0.5) is 11.6 Å². The number of nitrogens with one attached hydrogen (secondary N) is 2. The van der Waals surface area contributed by atoms with Crippen LogP contribution in [0.1, 0.15) is 5.69 Å². The van der Waals surface area contributed by atoms with Gasteiger partial charge in [-0.2, -0.15) is 0 Å². The zero-order chi connectivity index (χ0) is 10.5. The molecule has 6 nitrogen and oxygen atoms in total. The van der Waals surface area contributed by atoms with Crippen molar-refractivity contribution >= 4 is 11.6 Å². The minimum absolute atomic E-state index is 0.580. The van der Waals surface area contributed by atoms with Crippen molar-refractivity contribution in [2.24, 2.45) is 0 Å². The quantitative estimate of drug-likeness (QED) is 0.778. The molecule has 2 aromatic heterocycles. The monoisotopic (exact) mass is 205 g/mol. The van der Waals surface area contributed by atoms with Gasteiger partial charge in [0, 0.05) is 19.2 Å². The van der Waals surface area contributed by atoms with E-state index in [2.05, 4.69) is 25.8 Å². The van der Waals surface area contributed by atoms with E-state index >= 15 is 0 Å². The number of rotatable bonds is 4. The molecule has 15 heavy (non-hydrogen) atoms. The van der Waals surface area contributed by atoms with Crippen LogP contribution in [0.25, 0.3) is 0 Å². The average Bonchev–Trinajstić information content (AvgIpc) is 2.79. The van der Waals surface area contributed by atoms with Crippen LogP contribution in [-0.2, 0) is 6.54 Å². The number of anilines is 2. The summed E-state index contributed by atoms with van der Waals surface area (Å²) in [6.07, 6.45) is 3.03. The van der Waals surface area contributed by atoms with Crippen LogP contribution in [0, 0.1) is 0 Å². The third-order valence-electron chi connectivity index (χ3n) is 1.87. The molecule has 2 heterocycles. The topological polar surface area (TPSA) is 75.9 Å². The Morgan fingerprint density at radius 1 is 1.33 bits per heavy atom. The first kappa shape index (κ1) is 9.45. The van der Waals surface area contributed by atoms with Crippen LogP contribution in [0.2, 0.25) is 0 Å². The maximum absolute atomic E-state index is 4.71. The van der Waals surface area contributed by atoms with E-state index < -0.39 is 0 Å². The summed E-state index contributed by atoms with van der Waals surface area (Å²) in [5.41, 5.74) is 0.833. The van der Waals surface area contributed by atoms with E-state index in [-0.39, 0.29) is 0 Å². The van der Waals surface area contributed by atoms with Gasteiger partial charge in [-0.3, -0.25) is 0 Å². The first-order chi connectivity index (χ1) is 7.38. The van der Waals surface area contributed by atoms with Gasteiger partial charge in [-0.05, 0) is 0 Å². The van der Waals surface area contributed by atoms with Crippen molar-refractivity contribution in [1.29, 1.82) is 0 Å². The molecule has 0 amide bonds. The number of hydrogen-bond acceptors (Lipinski definition) is 6. The molecular formula is C9H11N5O. The van der Waals surface area contributed by atoms with Crippen molar-refractivity contribution in [2.45, 2.75) is 6.54 Å². The maximum atomic E-state index is 4.71. The van der Waals surface area contributed by atoms with Gasteiger partial charge >= 0.3 is 0 Å². The zero-order valence-electron chi connectivity index (χ0n) is 8.27. The van der Waals surface area contributed by atoms with Crippen molar-refractivity contribution in [3.05, 3.63) is 30.4 Å². The Bertz CT molecular complexity index is 414. The summed E-state index contributed by atoms with van der Waals surface area (Å²) < 4.78 is 4.71. The van der Waals surface area contributed by atoms with Crippen LogP contribution in [0.5, 0.6) is 0 Å². The molecule has 0 fully saturated rings. The van der Waals surface area contributed by atoms with Crippen LogP contribution < -0.4 is 10.6 Å². The Morgan fingerprint density at radius 2 is 2.20 bits per heavy atom. The Kier molecular flexibility index (Phi) is 2.77. The Morgan fingerprint density at radius 3 is 2.93 bits per heavy atom. The second-order valence-electron chi connectivity index (χ2n) is 2.88. The van der Waals surface area contributed by atoms with Crippen LogP contribution in [0.3, 0.4) is 0 Å². The van der Waals surface area contributed by atoms with Gasteiger partial charge in [0.15, 0.2) is 0 Å². The van der Waals surface area contributed by atoms with Gasteiger partial charge < -0.3 is 15.2 Å². The smallest absolute Gasteiger partial charge is 0.131 e. The SMILES string of the molecule is CNc1cc(NCc2ccon2)ncn1. The first-order valence-corrected chi connectivity index (χ1v) is 4.51. The van der Waals surface area contributed by atoms with E-state index in [1.54, 1.807) is 6.07 Å². The van der Waals surface area contributed by atoms with Gasteiger partial charge in [0.05, 0.1) is 6.54 Å². The van der Waals surface area contributed by atoms with Gasteiger partial charge in [-0.15, -0.1) is 0 Å². The second kappa shape index (κ2) is 4.41. The predicted octanol–water partition coefficient (Wildman–Crippen LogP) is 1.12. The molecule has 0 unspecified atom stereocenters. The molecular weight excluding hydrogens is 194 g/mol. The van der Waals surface area contributed by atoms with Crippen LogP contribution in [0.15, 0.2) is 29.2 Å². The molecule has 0 aromatic carbocycles. The molecule has 0 atom stereocenters. The van der Waals surface area contributed by atoms with E-state index in [1.165, 1.54) is 12.6 Å². The third kappa shape index (κ3) is 2.43. The molecule has 0 radical (unpaired) electrons. The van der Waals surface area contributed by atoms with Gasteiger partial charge in [0.1, 0.15) is 29.9 Å². The van der Waals surface area contributed by atoms with E-state index in [9.17, 15) is 0 Å². The van der Waals surface area contributed by atoms with Crippen LogP contribution >= 0.6 is 0 Å². The molecule has 2 aromatic rings. The van der Waals surface area contributed by atoms with Crippen molar-refractivity contribution < 1.29 is 4.52 Å². The molecule has 0 aliphatic rings. The minimum Gasteiger partial charge on any atom is -0.373 e. The highest BCUT2D eigenvalue weighted by Gasteiger charge is 1.98. The molecule has 2 rings (SSSR count). The molecule has 78 valence electrons. The van der Waals surface area contributed by atoms with Gasteiger partial charge in [0.25, 0.3) is 0 Å². The van der Waals surface area contributed by atoms with Crippen molar-refractivity contribution in [3.8, 4) is 0 Å². The van der Waals surface area contributed by atoms with Crippen molar-refractivity contribution in [1.82, 2.24) is 15.1 Å². The highest BCUT2D eigenvalue weighted by molar-refractivity contribution is 5.45. The van der Waals surface area contributed by atoms with E-state index in [0.717, 1.165) is 17.3 Å². The fourth-order valence-corrected chi connectivity index (χ4v) is 1.10. The minimum atomic E-state index is 0.580. The molecule has 0 bridgehead atoms. The van der Waals surface area contributed by atoms with E-state index in [0.29, 0.717) is 6.54 Å². The molecule has 0 aliphatic heterocycles. The maximum Gasteiger partial charge on any atom is 0.131 e. The fraction of sp³-hybridized carbons (Fsp3) is 0.222. The summed E-state index contributed by atoms with van der Waals surface area (Å²) in [4.78, 5) is 8.07.